The molecule has 0 unspecified atom stereocenters. The Labute approximate surface area is 168 Å². The summed E-state index contributed by atoms with van der Waals surface area (Å²) in [7, 11) is 0. The summed E-state index contributed by atoms with van der Waals surface area (Å²) in [5, 5.41) is 0. The largest absolute Gasteiger partial charge is 0.462 e. The third-order valence-electron chi connectivity index (χ3n) is 3.62. The number of ether oxygens (including phenoxy) is 1. The fourth-order valence-corrected chi connectivity index (χ4v) is 4.65. The maximum atomic E-state index is 12.3. The molecule has 27 heavy (non-hydrogen) atoms. The van der Waals surface area contributed by atoms with Crippen LogP contribution in [0.5, 0.6) is 0 Å². The van der Waals surface area contributed by atoms with Gasteiger partial charge in [0.1, 0.15) is 0 Å². The molecule has 0 saturated heterocycles. The molecule has 0 N–H and O–H groups in total. The molecule has 2 aromatic heterocycles. The van der Waals surface area contributed by atoms with Gasteiger partial charge in [-0.2, -0.15) is 4.99 Å². The molecule has 3 aromatic rings. The van der Waals surface area contributed by atoms with Crippen LogP contribution in [0.3, 0.4) is 0 Å². The number of benzene rings is 1. The molecule has 0 atom stereocenters. The monoisotopic (exact) mass is 418 g/mol. The van der Waals surface area contributed by atoms with Crippen molar-refractivity contribution < 1.29 is 14.3 Å². The van der Waals surface area contributed by atoms with Crippen LogP contribution in [0, 0.1) is 12.3 Å². The smallest absolute Gasteiger partial charge is 0.338 e. The summed E-state index contributed by atoms with van der Waals surface area (Å²) in [5.41, 5.74) is 1.27. The first-order valence-corrected chi connectivity index (χ1v) is 10.1. The average molecular weight is 419 g/mol. The van der Waals surface area contributed by atoms with Crippen molar-refractivity contribution in [3.8, 4) is 12.3 Å². The van der Waals surface area contributed by atoms with Crippen LogP contribution < -0.4 is 4.80 Å². The zero-order chi connectivity index (χ0) is 19.4. The Hall–Kier alpha value is -2.40. The standard InChI is InChI=1S/C19H15ClN2O3S2/c1-3-9-22-14-7-5-12(18(24)25-4-2)10-15(14)27-19(22)21-17(23)11-13-6-8-16(20)26-13/h1,5-8,10H,4,9,11H2,2H3. The third kappa shape index (κ3) is 4.48. The molecule has 0 saturated carbocycles. The van der Waals surface area contributed by atoms with Gasteiger partial charge in [-0.15, -0.1) is 17.8 Å². The van der Waals surface area contributed by atoms with Crippen molar-refractivity contribution in [2.75, 3.05) is 6.61 Å². The van der Waals surface area contributed by atoms with Crippen molar-refractivity contribution in [3.63, 3.8) is 0 Å². The molecule has 1 aromatic carbocycles. The first kappa shape index (κ1) is 19.4. The SMILES string of the molecule is C#CCn1c(=NC(=O)Cc2ccc(Cl)s2)sc2cc(C(=O)OCC)ccc21. The predicted molar refractivity (Wildman–Crippen MR) is 108 cm³/mol. The molecule has 8 heteroatoms. The Morgan fingerprint density at radius 3 is 2.78 bits per heavy atom. The van der Waals surface area contributed by atoms with E-state index in [9.17, 15) is 9.59 Å². The Kier molecular flexibility index (Phi) is 6.11. The summed E-state index contributed by atoms with van der Waals surface area (Å²) in [4.78, 5) is 29.9. The van der Waals surface area contributed by atoms with Gasteiger partial charge in [0.05, 0.1) is 39.7 Å². The molecule has 0 spiro atoms. The first-order chi connectivity index (χ1) is 13.0. The van der Waals surface area contributed by atoms with Gasteiger partial charge in [-0.05, 0) is 37.3 Å². The number of carbonyl (C=O) groups is 2. The summed E-state index contributed by atoms with van der Waals surface area (Å²) in [6.45, 7) is 2.34. The average Bonchev–Trinajstić information content (AvgIpc) is 3.18. The highest BCUT2D eigenvalue weighted by molar-refractivity contribution is 7.16. The van der Waals surface area contributed by atoms with E-state index < -0.39 is 0 Å². The number of amides is 1. The van der Waals surface area contributed by atoms with Gasteiger partial charge in [0.15, 0.2) is 4.80 Å². The highest BCUT2D eigenvalue weighted by Gasteiger charge is 2.12. The van der Waals surface area contributed by atoms with Crippen LogP contribution in [-0.2, 0) is 22.5 Å². The summed E-state index contributed by atoms with van der Waals surface area (Å²) in [6.07, 6.45) is 5.65. The Morgan fingerprint density at radius 1 is 1.30 bits per heavy atom. The number of thiophene rings is 1. The number of rotatable bonds is 5. The molecule has 1 amide bonds. The lowest BCUT2D eigenvalue weighted by molar-refractivity contribution is -0.117. The van der Waals surface area contributed by atoms with Crippen LogP contribution in [0.1, 0.15) is 22.2 Å². The van der Waals surface area contributed by atoms with Crippen LogP contribution in [0.15, 0.2) is 35.3 Å². The predicted octanol–water partition coefficient (Wildman–Crippen LogP) is 3.90. The van der Waals surface area contributed by atoms with Gasteiger partial charge in [-0.25, -0.2) is 4.79 Å². The molecular formula is C19H15ClN2O3S2. The lowest BCUT2D eigenvalue weighted by atomic mass is 10.2. The molecule has 2 heterocycles. The minimum Gasteiger partial charge on any atom is -0.462 e. The molecule has 0 radical (unpaired) electrons. The van der Waals surface area contributed by atoms with Crippen LogP contribution in [0.2, 0.25) is 4.34 Å². The van der Waals surface area contributed by atoms with Crippen molar-refractivity contribution in [2.24, 2.45) is 4.99 Å². The van der Waals surface area contributed by atoms with E-state index in [4.69, 9.17) is 22.8 Å². The van der Waals surface area contributed by atoms with Crippen LogP contribution >= 0.6 is 34.3 Å². The molecule has 3 rings (SSSR count). The number of aromatic nitrogens is 1. The van der Waals surface area contributed by atoms with E-state index in [0.29, 0.717) is 21.3 Å². The van der Waals surface area contributed by atoms with Gasteiger partial charge < -0.3 is 9.30 Å². The number of thiazole rings is 1. The number of hydrogen-bond donors (Lipinski definition) is 0. The summed E-state index contributed by atoms with van der Waals surface area (Å²) < 4.78 is 8.26. The molecular weight excluding hydrogens is 404 g/mol. The van der Waals surface area contributed by atoms with E-state index in [-0.39, 0.29) is 24.8 Å². The highest BCUT2D eigenvalue weighted by Crippen LogP contribution is 2.22. The van der Waals surface area contributed by atoms with E-state index >= 15 is 0 Å². The first-order valence-electron chi connectivity index (χ1n) is 8.07. The fourth-order valence-electron chi connectivity index (χ4n) is 2.49. The number of nitrogens with zero attached hydrogens (tertiary/aromatic N) is 2. The fraction of sp³-hybridized carbons (Fsp3) is 0.211. The summed E-state index contributed by atoms with van der Waals surface area (Å²) >= 11 is 8.56. The van der Waals surface area contributed by atoms with Gasteiger partial charge in [0.25, 0.3) is 5.91 Å². The maximum absolute atomic E-state index is 12.3. The van der Waals surface area contributed by atoms with Crippen molar-refractivity contribution in [3.05, 3.63) is 49.9 Å². The molecule has 5 nitrogen and oxygen atoms in total. The molecule has 0 bridgehead atoms. The van der Waals surface area contributed by atoms with Gasteiger partial charge in [-0.3, -0.25) is 4.79 Å². The Balaban J connectivity index is 2.00. The maximum Gasteiger partial charge on any atom is 0.338 e. The minimum absolute atomic E-state index is 0.176. The van der Waals surface area contributed by atoms with Crippen LogP contribution in [0.25, 0.3) is 10.2 Å². The van der Waals surface area contributed by atoms with Crippen LogP contribution in [0.4, 0.5) is 0 Å². The lowest BCUT2D eigenvalue weighted by Gasteiger charge is -2.03. The number of fused-ring (bicyclic) bond motifs is 1. The molecule has 0 fully saturated rings. The van der Waals surface area contributed by atoms with E-state index in [2.05, 4.69) is 10.9 Å². The van der Waals surface area contributed by atoms with E-state index in [1.165, 1.54) is 22.7 Å². The van der Waals surface area contributed by atoms with Crippen molar-refractivity contribution in [2.45, 2.75) is 19.9 Å². The van der Waals surface area contributed by atoms with E-state index in [1.807, 2.05) is 6.07 Å². The van der Waals surface area contributed by atoms with Crippen LogP contribution in [-0.4, -0.2) is 23.1 Å². The zero-order valence-electron chi connectivity index (χ0n) is 14.4. The number of carbonyl (C=O) groups excluding carboxylic acids is 2. The number of hydrogen-bond acceptors (Lipinski definition) is 5. The second-order valence-electron chi connectivity index (χ2n) is 5.47. The van der Waals surface area contributed by atoms with Crippen molar-refractivity contribution >= 4 is 56.4 Å². The number of esters is 1. The summed E-state index contributed by atoms with van der Waals surface area (Å²) in [5.74, 6) is 1.91. The minimum atomic E-state index is -0.388. The van der Waals surface area contributed by atoms with Gasteiger partial charge in [0.2, 0.25) is 0 Å². The van der Waals surface area contributed by atoms with Gasteiger partial charge in [-0.1, -0.05) is 28.9 Å². The molecule has 0 aliphatic heterocycles. The third-order valence-corrected chi connectivity index (χ3v) is 5.89. The van der Waals surface area contributed by atoms with Gasteiger partial charge >= 0.3 is 5.97 Å². The van der Waals surface area contributed by atoms with Crippen molar-refractivity contribution in [1.29, 1.82) is 0 Å². The molecule has 0 aliphatic carbocycles. The molecule has 0 aliphatic rings. The quantitative estimate of drug-likeness (QED) is 0.466. The summed E-state index contributed by atoms with van der Waals surface area (Å²) in [6, 6.07) is 8.76. The Morgan fingerprint density at radius 2 is 2.11 bits per heavy atom. The van der Waals surface area contributed by atoms with Crippen molar-refractivity contribution in [1.82, 2.24) is 4.57 Å². The second kappa shape index (κ2) is 8.53. The lowest BCUT2D eigenvalue weighted by Crippen LogP contribution is -2.17. The number of terminal acetylenes is 1. The topological polar surface area (TPSA) is 60.7 Å². The normalized spacial score (nSPS) is 11.5. The second-order valence-corrected chi connectivity index (χ2v) is 8.27. The zero-order valence-corrected chi connectivity index (χ0v) is 16.8. The van der Waals surface area contributed by atoms with Gasteiger partial charge in [0, 0.05) is 4.88 Å². The van der Waals surface area contributed by atoms with E-state index in [1.54, 1.807) is 35.8 Å². The van der Waals surface area contributed by atoms with E-state index in [0.717, 1.165) is 15.1 Å². The Bertz CT molecular complexity index is 1120. The highest BCUT2D eigenvalue weighted by atomic mass is 35.5. The number of halogens is 1. The molecule has 138 valence electrons.